The Morgan fingerprint density at radius 3 is 2.41 bits per heavy atom. The molecular weight excluding hydrogens is 462 g/mol. The molecule has 0 bridgehead atoms. The summed E-state index contributed by atoms with van der Waals surface area (Å²) < 4.78 is 45.0. The van der Waals surface area contributed by atoms with E-state index in [0.717, 1.165) is 61.7 Å². The van der Waals surface area contributed by atoms with E-state index in [9.17, 15) is 23.0 Å². The lowest BCUT2D eigenvalue weighted by molar-refractivity contribution is 0.0700. The lowest BCUT2D eigenvalue weighted by Gasteiger charge is -2.42. The molecule has 6 nitrogen and oxygen atoms in total. The van der Waals surface area contributed by atoms with Crippen LogP contribution in [0.15, 0.2) is 36.4 Å². The van der Waals surface area contributed by atoms with Crippen LogP contribution in [0, 0.1) is 16.8 Å². The van der Waals surface area contributed by atoms with E-state index in [1.54, 1.807) is 7.11 Å². The van der Waals surface area contributed by atoms with Gasteiger partial charge in [0.05, 0.1) is 12.2 Å². The summed E-state index contributed by atoms with van der Waals surface area (Å²) in [5.74, 6) is -1.91. The number of ether oxygens (including phenoxy) is 1. The Kier molecular flexibility index (Phi) is 7.47. The molecule has 34 heavy (non-hydrogen) atoms. The van der Waals surface area contributed by atoms with Crippen LogP contribution in [0.3, 0.4) is 0 Å². The van der Waals surface area contributed by atoms with Crippen LogP contribution in [0.25, 0.3) is 0 Å². The number of rotatable bonds is 8. The number of carbonyl (C=O) groups is 1. The Morgan fingerprint density at radius 1 is 1.21 bits per heavy atom. The van der Waals surface area contributed by atoms with Gasteiger partial charge in [-0.1, -0.05) is 12.1 Å². The second-order valence-electron chi connectivity index (χ2n) is 9.29. The van der Waals surface area contributed by atoms with Crippen molar-refractivity contribution >= 4 is 16.9 Å². The number of nitrogens with zero attached hydrogens (tertiary/aromatic N) is 2. The van der Waals surface area contributed by atoms with Crippen LogP contribution in [0.4, 0.5) is 8.78 Å². The smallest absolute Gasteiger partial charge is 0.258 e. The van der Waals surface area contributed by atoms with Gasteiger partial charge in [0.2, 0.25) is 0 Å². The summed E-state index contributed by atoms with van der Waals surface area (Å²) in [7, 11) is -0.397. The SMILES string of the molecule is COCC1(c2ccc(F)cc2)CCN(Cc2cc(F)c(C(=O)N([O-])S(C)=O)cc2C2CC2)CC1. The van der Waals surface area contributed by atoms with Crippen molar-refractivity contribution in [1.29, 1.82) is 0 Å². The predicted octanol–water partition coefficient (Wildman–Crippen LogP) is 4.26. The molecule has 1 unspecified atom stereocenters. The average Bonchev–Trinajstić information content (AvgIpc) is 3.65. The number of amides is 1. The zero-order valence-corrected chi connectivity index (χ0v) is 20.2. The van der Waals surface area contributed by atoms with E-state index in [4.69, 9.17) is 4.74 Å². The van der Waals surface area contributed by atoms with Gasteiger partial charge in [0.15, 0.2) is 0 Å². The van der Waals surface area contributed by atoms with Crippen LogP contribution in [-0.2, 0) is 27.7 Å². The molecule has 2 aliphatic rings. The topological polar surface area (TPSA) is 72.9 Å². The van der Waals surface area contributed by atoms with Crippen molar-refractivity contribution in [2.45, 2.75) is 43.6 Å². The Bertz CT molecular complexity index is 1070. The molecule has 4 rings (SSSR count). The molecule has 1 heterocycles. The zero-order valence-electron chi connectivity index (χ0n) is 19.4. The molecule has 1 saturated carbocycles. The number of piperidine rings is 1. The molecule has 1 saturated heterocycles. The van der Waals surface area contributed by atoms with E-state index in [0.29, 0.717) is 13.2 Å². The number of hydrogen-bond donors (Lipinski definition) is 0. The Labute approximate surface area is 201 Å². The first-order chi connectivity index (χ1) is 16.2. The van der Waals surface area contributed by atoms with E-state index in [1.165, 1.54) is 24.3 Å². The van der Waals surface area contributed by atoms with Gasteiger partial charge >= 0.3 is 0 Å². The molecule has 1 atom stereocenters. The number of hydrogen-bond acceptors (Lipinski definition) is 5. The van der Waals surface area contributed by atoms with E-state index in [-0.39, 0.29) is 27.2 Å². The van der Waals surface area contributed by atoms with Crippen molar-refractivity contribution in [2.75, 3.05) is 33.1 Å². The monoisotopic (exact) mass is 491 g/mol. The fourth-order valence-corrected chi connectivity index (χ4v) is 5.23. The highest BCUT2D eigenvalue weighted by atomic mass is 32.2. The van der Waals surface area contributed by atoms with Gasteiger partial charge in [-0.2, -0.15) is 0 Å². The number of likely N-dealkylation sites (tertiary alicyclic amines) is 1. The van der Waals surface area contributed by atoms with Crippen molar-refractivity contribution in [3.63, 3.8) is 0 Å². The molecule has 1 aliphatic heterocycles. The van der Waals surface area contributed by atoms with Crippen LogP contribution in [0.1, 0.15) is 58.6 Å². The molecule has 184 valence electrons. The van der Waals surface area contributed by atoms with Crippen molar-refractivity contribution < 1.29 is 22.5 Å². The van der Waals surface area contributed by atoms with Gasteiger partial charge in [-0.05, 0) is 85.6 Å². The van der Waals surface area contributed by atoms with Gasteiger partial charge in [-0.3, -0.25) is 9.69 Å². The van der Waals surface area contributed by atoms with E-state index in [1.807, 2.05) is 12.1 Å². The molecule has 1 amide bonds. The minimum absolute atomic E-state index is 0.190. The zero-order chi connectivity index (χ0) is 24.5. The normalized spacial score (nSPS) is 19.1. The fraction of sp³-hybridized carbons (Fsp3) is 0.480. The van der Waals surface area contributed by atoms with Crippen LogP contribution in [0.2, 0.25) is 0 Å². The Morgan fingerprint density at radius 2 is 1.85 bits per heavy atom. The lowest BCUT2D eigenvalue weighted by atomic mass is 9.73. The summed E-state index contributed by atoms with van der Waals surface area (Å²) in [6.07, 6.45) is 4.63. The summed E-state index contributed by atoms with van der Waals surface area (Å²) in [6.45, 7) is 2.59. The molecule has 2 aromatic rings. The van der Waals surface area contributed by atoms with E-state index >= 15 is 0 Å². The summed E-state index contributed by atoms with van der Waals surface area (Å²) >= 11 is 0. The van der Waals surface area contributed by atoms with E-state index in [2.05, 4.69) is 4.90 Å². The van der Waals surface area contributed by atoms with Gasteiger partial charge in [0.25, 0.3) is 5.91 Å². The number of halogens is 2. The van der Waals surface area contributed by atoms with Crippen LogP contribution in [-0.4, -0.2) is 52.5 Å². The van der Waals surface area contributed by atoms with Gasteiger partial charge in [-0.15, -0.1) is 0 Å². The molecular formula is C25H29F2N2O4S-. The number of benzene rings is 2. The first-order valence-electron chi connectivity index (χ1n) is 11.4. The minimum Gasteiger partial charge on any atom is -0.744 e. The van der Waals surface area contributed by atoms with Gasteiger partial charge < -0.3 is 14.4 Å². The van der Waals surface area contributed by atoms with E-state index < -0.39 is 22.7 Å². The van der Waals surface area contributed by atoms with Gasteiger partial charge in [-0.25, -0.2) is 13.0 Å². The molecule has 2 aromatic carbocycles. The van der Waals surface area contributed by atoms with Crippen molar-refractivity contribution in [2.24, 2.45) is 0 Å². The maximum atomic E-state index is 14.9. The third kappa shape index (κ3) is 5.22. The van der Waals surface area contributed by atoms with Gasteiger partial charge in [0, 0.05) is 25.3 Å². The minimum atomic E-state index is -2.07. The summed E-state index contributed by atoms with van der Waals surface area (Å²) in [5.41, 5.74) is 2.22. The van der Waals surface area contributed by atoms with Crippen molar-refractivity contribution in [3.05, 3.63) is 75.5 Å². The number of methoxy groups -OCH3 is 1. The lowest BCUT2D eigenvalue weighted by Crippen LogP contribution is -2.45. The molecule has 0 spiro atoms. The Hall–Kier alpha value is -2.20. The molecule has 0 aromatic heterocycles. The molecule has 1 aliphatic carbocycles. The third-order valence-electron chi connectivity index (χ3n) is 6.96. The standard InChI is InChI=1S/C25H29F2N2O4S/c1-33-16-25(19-5-7-20(26)8-6-19)9-11-28(12-10-25)15-18-13-23(27)22(14-21(18)17-3-4-17)24(30)29(31)34(2)32/h5-8,13-14,17H,3-4,9-12,15-16H2,1-2H3/q-1. The van der Waals surface area contributed by atoms with Crippen molar-refractivity contribution in [1.82, 2.24) is 9.37 Å². The first kappa shape index (κ1) is 24.9. The third-order valence-corrected chi connectivity index (χ3v) is 7.59. The predicted molar refractivity (Wildman–Crippen MR) is 126 cm³/mol. The first-order valence-corrected chi connectivity index (χ1v) is 12.9. The second-order valence-corrected chi connectivity index (χ2v) is 10.5. The fourth-order valence-electron chi connectivity index (χ4n) is 4.90. The maximum absolute atomic E-state index is 14.9. The van der Waals surface area contributed by atoms with Crippen LogP contribution >= 0.6 is 0 Å². The largest absolute Gasteiger partial charge is 0.744 e. The molecule has 9 heteroatoms. The number of hydroxylamine groups is 1. The quantitative estimate of drug-likeness (QED) is 0.516. The second kappa shape index (κ2) is 10.2. The molecule has 2 fully saturated rings. The maximum Gasteiger partial charge on any atom is 0.258 e. The van der Waals surface area contributed by atoms with Crippen LogP contribution in [0.5, 0.6) is 0 Å². The van der Waals surface area contributed by atoms with Crippen molar-refractivity contribution in [3.8, 4) is 0 Å². The molecule has 0 N–H and O–H groups in total. The summed E-state index contributed by atoms with van der Waals surface area (Å²) in [6, 6.07) is 9.42. The highest BCUT2D eigenvalue weighted by Gasteiger charge is 2.37. The average molecular weight is 492 g/mol. The Balaban J connectivity index is 1.52. The van der Waals surface area contributed by atoms with Gasteiger partial charge in [0.1, 0.15) is 22.6 Å². The highest BCUT2D eigenvalue weighted by molar-refractivity contribution is 7.82. The summed E-state index contributed by atoms with van der Waals surface area (Å²) in [5, 5.41) is 11.8. The molecule has 0 radical (unpaired) electrons. The highest BCUT2D eigenvalue weighted by Crippen LogP contribution is 2.43. The summed E-state index contributed by atoms with van der Waals surface area (Å²) in [4.78, 5) is 14.6. The number of carbonyl (C=O) groups excluding carboxylic acids is 1. The van der Waals surface area contributed by atoms with Crippen LogP contribution < -0.4 is 0 Å².